The number of carbonyl (C=O) groups excluding carboxylic acids is 2. The van der Waals surface area contributed by atoms with E-state index in [9.17, 15) is 22.4 Å². The molecule has 7 nitrogen and oxygen atoms in total. The van der Waals surface area contributed by atoms with Crippen molar-refractivity contribution in [3.63, 3.8) is 0 Å². The molecule has 0 aromatic heterocycles. The van der Waals surface area contributed by atoms with Crippen LogP contribution >= 0.6 is 0 Å². The summed E-state index contributed by atoms with van der Waals surface area (Å²) in [5, 5.41) is 2.95. The molecule has 0 spiro atoms. The fourth-order valence-electron chi connectivity index (χ4n) is 4.24. The van der Waals surface area contributed by atoms with Gasteiger partial charge in [0.2, 0.25) is 11.8 Å². The third-order valence-electron chi connectivity index (χ3n) is 6.04. The van der Waals surface area contributed by atoms with Crippen molar-refractivity contribution in [2.24, 2.45) is 0 Å². The summed E-state index contributed by atoms with van der Waals surface area (Å²) in [6.07, 6.45) is 0.329. The molecule has 39 heavy (non-hydrogen) atoms. The Labute approximate surface area is 230 Å². The molecule has 0 unspecified atom stereocenters. The number of hydrogen-bond acceptors (Lipinski definition) is 4. The highest BCUT2D eigenvalue weighted by Gasteiger charge is 2.34. The van der Waals surface area contributed by atoms with Crippen LogP contribution in [0.1, 0.15) is 45.2 Å². The first kappa shape index (κ1) is 29.8. The van der Waals surface area contributed by atoms with Gasteiger partial charge in [-0.3, -0.25) is 13.9 Å². The lowest BCUT2D eigenvalue weighted by Gasteiger charge is -2.34. The number of para-hydroxylation sites is 1. The summed E-state index contributed by atoms with van der Waals surface area (Å²) in [4.78, 5) is 28.6. The van der Waals surface area contributed by atoms with Gasteiger partial charge >= 0.3 is 0 Å². The Kier molecular flexibility index (Phi) is 9.50. The molecule has 0 aliphatic rings. The van der Waals surface area contributed by atoms with E-state index >= 15 is 0 Å². The van der Waals surface area contributed by atoms with Gasteiger partial charge in [0.1, 0.15) is 18.4 Å². The molecule has 3 aromatic carbocycles. The molecule has 0 aliphatic heterocycles. The Balaban J connectivity index is 2.05. The van der Waals surface area contributed by atoms with Gasteiger partial charge in [0.05, 0.1) is 10.6 Å². The monoisotopic (exact) mass is 553 g/mol. The van der Waals surface area contributed by atoms with E-state index in [4.69, 9.17) is 0 Å². The minimum Gasteiger partial charge on any atom is -0.350 e. The van der Waals surface area contributed by atoms with E-state index in [-0.39, 0.29) is 23.0 Å². The fourth-order valence-corrected chi connectivity index (χ4v) is 5.65. The molecule has 0 bridgehead atoms. The average molecular weight is 554 g/mol. The molecule has 9 heteroatoms. The van der Waals surface area contributed by atoms with E-state index < -0.39 is 39.9 Å². The minimum atomic E-state index is -4.24. The predicted molar refractivity (Wildman–Crippen MR) is 151 cm³/mol. The molecule has 0 saturated heterocycles. The second-order valence-corrected chi connectivity index (χ2v) is 12.3. The normalized spacial score (nSPS) is 12.5. The number of nitrogens with one attached hydrogen (secondary N) is 1. The highest BCUT2D eigenvalue weighted by molar-refractivity contribution is 7.92. The Hall–Kier alpha value is -3.72. The Morgan fingerprint density at radius 2 is 1.59 bits per heavy atom. The summed E-state index contributed by atoms with van der Waals surface area (Å²) < 4.78 is 42.0. The van der Waals surface area contributed by atoms with E-state index in [2.05, 4.69) is 5.32 Å². The van der Waals surface area contributed by atoms with Crippen LogP contribution in [0.15, 0.2) is 83.8 Å². The van der Waals surface area contributed by atoms with Crippen molar-refractivity contribution < 1.29 is 22.4 Å². The summed E-state index contributed by atoms with van der Waals surface area (Å²) in [5.74, 6) is -1.43. The number of hydrogen-bond donors (Lipinski definition) is 1. The minimum absolute atomic E-state index is 0.121. The average Bonchev–Trinajstić information content (AvgIpc) is 2.86. The van der Waals surface area contributed by atoms with E-state index in [1.165, 1.54) is 17.0 Å². The molecule has 0 saturated carbocycles. The van der Waals surface area contributed by atoms with Crippen LogP contribution in [0.2, 0.25) is 0 Å². The van der Waals surface area contributed by atoms with Gasteiger partial charge in [0, 0.05) is 12.1 Å². The third-order valence-corrected chi connectivity index (χ3v) is 7.83. The van der Waals surface area contributed by atoms with Crippen LogP contribution in [0.5, 0.6) is 0 Å². The molecule has 0 radical (unpaired) electrons. The second-order valence-electron chi connectivity index (χ2n) is 10.5. The number of nitrogens with zero attached hydrogens (tertiary/aromatic N) is 2. The van der Waals surface area contributed by atoms with Crippen LogP contribution in [0, 0.1) is 12.7 Å². The lowest BCUT2D eigenvalue weighted by molar-refractivity contribution is -0.141. The zero-order chi connectivity index (χ0) is 28.8. The van der Waals surface area contributed by atoms with Crippen molar-refractivity contribution in [3.8, 4) is 0 Å². The van der Waals surface area contributed by atoms with Crippen LogP contribution in [-0.4, -0.2) is 43.3 Å². The maximum atomic E-state index is 14.0. The predicted octanol–water partition coefficient (Wildman–Crippen LogP) is 5.05. The molecule has 0 fully saturated rings. The number of sulfonamides is 1. The van der Waals surface area contributed by atoms with Crippen molar-refractivity contribution >= 4 is 27.5 Å². The molecule has 0 aliphatic carbocycles. The molecule has 2 amide bonds. The fraction of sp³-hybridized carbons (Fsp3) is 0.333. The molecule has 0 heterocycles. The van der Waals surface area contributed by atoms with Gasteiger partial charge < -0.3 is 10.2 Å². The van der Waals surface area contributed by atoms with Crippen molar-refractivity contribution in [1.29, 1.82) is 0 Å². The number of rotatable bonds is 10. The van der Waals surface area contributed by atoms with Gasteiger partial charge in [0.25, 0.3) is 10.0 Å². The largest absolute Gasteiger partial charge is 0.350 e. The lowest BCUT2D eigenvalue weighted by atomic mass is 10.0. The van der Waals surface area contributed by atoms with Crippen LogP contribution in [-0.2, 0) is 26.2 Å². The maximum absolute atomic E-state index is 14.0. The topological polar surface area (TPSA) is 86.8 Å². The van der Waals surface area contributed by atoms with Gasteiger partial charge in [-0.05, 0) is 76.1 Å². The van der Waals surface area contributed by atoms with Gasteiger partial charge in [-0.2, -0.15) is 0 Å². The number of anilines is 1. The van der Waals surface area contributed by atoms with Crippen molar-refractivity contribution in [2.75, 3.05) is 10.8 Å². The third kappa shape index (κ3) is 7.89. The van der Waals surface area contributed by atoms with Gasteiger partial charge in [0.15, 0.2) is 0 Å². The summed E-state index contributed by atoms with van der Waals surface area (Å²) >= 11 is 0. The van der Waals surface area contributed by atoms with Crippen molar-refractivity contribution in [1.82, 2.24) is 10.2 Å². The highest BCUT2D eigenvalue weighted by atomic mass is 32.2. The quantitative estimate of drug-likeness (QED) is 0.381. The number of benzene rings is 3. The maximum Gasteiger partial charge on any atom is 0.264 e. The molecule has 1 N–H and O–H groups in total. The standard InChI is InChI=1S/C30H36FN3O4S/c1-6-27(29(36)32-30(3,4)5)33(20-23-12-10-11-22(2)19-23)28(35)21-34(25-13-8-7-9-14-25)39(37,38)26-17-15-24(31)16-18-26/h7-19,27H,6,20-21H2,1-5H3,(H,32,36)/t27-/m0/s1. The summed E-state index contributed by atoms with van der Waals surface area (Å²) in [7, 11) is -4.24. The number of amides is 2. The Morgan fingerprint density at radius 3 is 2.15 bits per heavy atom. The van der Waals surface area contributed by atoms with Crippen LogP contribution in [0.3, 0.4) is 0 Å². The SMILES string of the molecule is CC[C@@H](C(=O)NC(C)(C)C)N(Cc1cccc(C)c1)C(=O)CN(c1ccccc1)S(=O)(=O)c1ccc(F)cc1. The van der Waals surface area contributed by atoms with Gasteiger partial charge in [-0.25, -0.2) is 12.8 Å². The molecule has 3 rings (SSSR count). The van der Waals surface area contributed by atoms with Crippen molar-refractivity contribution in [2.45, 2.75) is 64.1 Å². The summed E-state index contributed by atoms with van der Waals surface area (Å²) in [5.41, 5.74) is 1.57. The van der Waals surface area contributed by atoms with Gasteiger partial charge in [-0.1, -0.05) is 55.0 Å². The van der Waals surface area contributed by atoms with Crippen molar-refractivity contribution in [3.05, 3.63) is 95.8 Å². The smallest absolute Gasteiger partial charge is 0.264 e. The van der Waals surface area contributed by atoms with E-state index in [1.54, 1.807) is 30.3 Å². The lowest BCUT2D eigenvalue weighted by Crippen LogP contribution is -2.55. The number of aryl methyl sites for hydroxylation is 1. The first-order valence-corrected chi connectivity index (χ1v) is 14.3. The molecular weight excluding hydrogens is 517 g/mol. The molecule has 3 aromatic rings. The summed E-state index contributed by atoms with van der Waals surface area (Å²) in [6.45, 7) is 8.90. The van der Waals surface area contributed by atoms with Crippen LogP contribution < -0.4 is 9.62 Å². The van der Waals surface area contributed by atoms with Crippen LogP contribution in [0.25, 0.3) is 0 Å². The summed E-state index contributed by atoms with van der Waals surface area (Å²) in [6, 6.07) is 19.5. The number of halogens is 1. The van der Waals surface area contributed by atoms with Crippen LogP contribution in [0.4, 0.5) is 10.1 Å². The molecule has 1 atom stereocenters. The Morgan fingerprint density at radius 1 is 0.949 bits per heavy atom. The second kappa shape index (κ2) is 12.4. The molecular formula is C30H36FN3O4S. The van der Waals surface area contributed by atoms with E-state index in [0.29, 0.717) is 6.42 Å². The first-order chi connectivity index (χ1) is 18.3. The van der Waals surface area contributed by atoms with E-state index in [0.717, 1.165) is 27.6 Å². The zero-order valence-corrected chi connectivity index (χ0v) is 23.8. The first-order valence-electron chi connectivity index (χ1n) is 12.8. The van der Waals surface area contributed by atoms with Gasteiger partial charge in [-0.15, -0.1) is 0 Å². The molecule has 208 valence electrons. The highest BCUT2D eigenvalue weighted by Crippen LogP contribution is 2.25. The van der Waals surface area contributed by atoms with E-state index in [1.807, 2.05) is 58.9 Å². The zero-order valence-electron chi connectivity index (χ0n) is 23.0. The number of carbonyl (C=O) groups is 2. The Bertz CT molecular complexity index is 1390.